The van der Waals surface area contributed by atoms with Gasteiger partial charge in [0.2, 0.25) is 5.91 Å². The Morgan fingerprint density at radius 1 is 1.15 bits per heavy atom. The molecule has 0 saturated carbocycles. The summed E-state index contributed by atoms with van der Waals surface area (Å²) >= 11 is 0. The Hall–Kier alpha value is -2.13. The minimum atomic E-state index is -0.0902. The minimum Gasteiger partial charge on any atom is -0.351 e. The van der Waals surface area contributed by atoms with Crippen LogP contribution in [0, 0.1) is 11.8 Å². The smallest absolute Gasteiger partial charge is 0.224 e. The van der Waals surface area contributed by atoms with Gasteiger partial charge in [-0.05, 0) is 44.7 Å². The molecule has 0 aliphatic carbocycles. The van der Waals surface area contributed by atoms with Crippen molar-refractivity contribution in [3.05, 3.63) is 74.4 Å². The number of nitrogens with one attached hydrogen (secondary N) is 2. The molecule has 3 heteroatoms. The van der Waals surface area contributed by atoms with E-state index in [1.807, 2.05) is 25.2 Å². The molecule has 0 fully saturated rings. The number of hydrogen-bond acceptors (Lipinski definition) is 2. The average molecular weight is 371 g/mol. The zero-order chi connectivity index (χ0) is 20.7. The molecule has 0 spiro atoms. The van der Waals surface area contributed by atoms with Crippen molar-refractivity contribution in [2.45, 2.75) is 52.1 Å². The molecule has 0 aromatic heterocycles. The summed E-state index contributed by atoms with van der Waals surface area (Å²) in [5.74, 6) is 0.201. The van der Waals surface area contributed by atoms with Gasteiger partial charge in [0.15, 0.2) is 0 Å². The highest BCUT2D eigenvalue weighted by Gasteiger charge is 2.33. The number of carbonyl (C=O) groups excluding carboxylic acids is 1. The van der Waals surface area contributed by atoms with Crippen molar-refractivity contribution in [3.8, 4) is 0 Å². The first-order chi connectivity index (χ1) is 13.0. The molecule has 0 rings (SSSR count). The molecule has 0 saturated heterocycles. The van der Waals surface area contributed by atoms with Crippen molar-refractivity contribution in [3.63, 3.8) is 0 Å². The van der Waals surface area contributed by atoms with Gasteiger partial charge in [-0.3, -0.25) is 4.79 Å². The maximum Gasteiger partial charge on any atom is 0.224 e. The van der Waals surface area contributed by atoms with E-state index in [2.05, 4.69) is 62.9 Å². The Morgan fingerprint density at radius 2 is 1.85 bits per heavy atom. The molecule has 0 bridgehead atoms. The summed E-state index contributed by atoms with van der Waals surface area (Å²) in [6.45, 7) is 22.6. The van der Waals surface area contributed by atoms with Crippen LogP contribution in [0.5, 0.6) is 0 Å². The van der Waals surface area contributed by atoms with Gasteiger partial charge >= 0.3 is 0 Å². The number of amides is 1. The molecule has 4 unspecified atom stereocenters. The third-order valence-corrected chi connectivity index (χ3v) is 4.65. The molecule has 150 valence electrons. The van der Waals surface area contributed by atoms with Crippen LogP contribution in [0.25, 0.3) is 0 Å². The summed E-state index contributed by atoms with van der Waals surface area (Å²) < 4.78 is 0. The van der Waals surface area contributed by atoms with E-state index in [1.54, 1.807) is 12.2 Å². The number of carbonyl (C=O) groups is 1. The van der Waals surface area contributed by atoms with Crippen molar-refractivity contribution in [2.24, 2.45) is 11.8 Å². The minimum absolute atomic E-state index is 0.0188. The van der Waals surface area contributed by atoms with E-state index in [-0.39, 0.29) is 29.8 Å². The van der Waals surface area contributed by atoms with Crippen molar-refractivity contribution in [2.75, 3.05) is 6.54 Å². The van der Waals surface area contributed by atoms with Gasteiger partial charge in [0.1, 0.15) is 0 Å². The van der Waals surface area contributed by atoms with E-state index >= 15 is 0 Å². The molecule has 3 nitrogen and oxygen atoms in total. The van der Waals surface area contributed by atoms with Crippen LogP contribution in [-0.2, 0) is 4.79 Å². The molecule has 4 atom stereocenters. The Bertz CT molecular complexity index is 545. The normalized spacial score (nSPS) is 16.2. The average Bonchev–Trinajstić information content (AvgIpc) is 2.66. The zero-order valence-corrected chi connectivity index (χ0v) is 17.4. The molecule has 0 aliphatic rings. The molecular formula is C24H38N2O. The third kappa shape index (κ3) is 8.87. The lowest BCUT2D eigenvalue weighted by Gasteiger charge is -2.37. The van der Waals surface area contributed by atoms with Crippen LogP contribution in [0.1, 0.15) is 40.0 Å². The SMILES string of the molecule is C=C/C=C\C(=C/C)C(C(C=C)CC=C)C(NC(=O)CC=C)C(C)NCCC. The van der Waals surface area contributed by atoms with Crippen molar-refractivity contribution in [1.82, 2.24) is 10.6 Å². The van der Waals surface area contributed by atoms with Gasteiger partial charge in [-0.2, -0.15) is 0 Å². The lowest BCUT2D eigenvalue weighted by atomic mass is 9.75. The molecule has 27 heavy (non-hydrogen) atoms. The predicted octanol–water partition coefficient (Wildman–Crippen LogP) is 5.12. The fraction of sp³-hybridized carbons (Fsp3) is 0.458. The van der Waals surface area contributed by atoms with Crippen LogP contribution in [0.2, 0.25) is 0 Å². The molecule has 2 N–H and O–H groups in total. The summed E-state index contributed by atoms with van der Waals surface area (Å²) in [5.41, 5.74) is 1.15. The van der Waals surface area contributed by atoms with E-state index in [1.165, 1.54) is 0 Å². The number of rotatable bonds is 15. The highest BCUT2D eigenvalue weighted by atomic mass is 16.1. The molecule has 1 amide bonds. The summed E-state index contributed by atoms with van der Waals surface area (Å²) in [5, 5.41) is 6.78. The second kappa shape index (κ2) is 15.0. The largest absolute Gasteiger partial charge is 0.351 e. The third-order valence-electron chi connectivity index (χ3n) is 4.65. The fourth-order valence-corrected chi connectivity index (χ4v) is 3.28. The topological polar surface area (TPSA) is 41.1 Å². The number of hydrogen-bond donors (Lipinski definition) is 2. The van der Waals surface area contributed by atoms with Gasteiger partial charge in [0, 0.05) is 18.4 Å². The second-order valence-corrected chi connectivity index (χ2v) is 6.66. The van der Waals surface area contributed by atoms with Gasteiger partial charge < -0.3 is 10.6 Å². The van der Waals surface area contributed by atoms with Gasteiger partial charge in [-0.25, -0.2) is 0 Å². The summed E-state index contributed by atoms with van der Waals surface area (Å²) in [7, 11) is 0. The summed E-state index contributed by atoms with van der Waals surface area (Å²) in [4.78, 5) is 12.4. The fourth-order valence-electron chi connectivity index (χ4n) is 3.28. The van der Waals surface area contributed by atoms with Crippen molar-refractivity contribution >= 4 is 5.91 Å². The second-order valence-electron chi connectivity index (χ2n) is 6.66. The van der Waals surface area contributed by atoms with E-state index in [0.29, 0.717) is 6.42 Å². The van der Waals surface area contributed by atoms with Crippen molar-refractivity contribution < 1.29 is 4.79 Å². The zero-order valence-electron chi connectivity index (χ0n) is 17.4. The quantitative estimate of drug-likeness (QED) is 0.310. The van der Waals surface area contributed by atoms with E-state index < -0.39 is 0 Å². The van der Waals surface area contributed by atoms with Gasteiger partial charge in [-0.15, -0.1) is 19.7 Å². The maximum atomic E-state index is 12.4. The van der Waals surface area contributed by atoms with E-state index in [4.69, 9.17) is 0 Å². The molecule has 0 heterocycles. The summed E-state index contributed by atoms with van der Waals surface area (Å²) in [6.07, 6.45) is 15.5. The maximum absolute atomic E-state index is 12.4. The molecule has 0 radical (unpaired) electrons. The first kappa shape index (κ1) is 24.9. The van der Waals surface area contributed by atoms with Crippen LogP contribution in [0.4, 0.5) is 0 Å². The monoisotopic (exact) mass is 370 g/mol. The Kier molecular flexibility index (Phi) is 13.8. The van der Waals surface area contributed by atoms with Gasteiger partial charge in [-0.1, -0.05) is 56.0 Å². The first-order valence-corrected chi connectivity index (χ1v) is 9.82. The lowest BCUT2D eigenvalue weighted by Crippen LogP contribution is -2.54. The molecule has 0 aliphatic heterocycles. The molecule has 0 aromatic carbocycles. The Balaban J connectivity index is 6.08. The lowest BCUT2D eigenvalue weighted by molar-refractivity contribution is -0.121. The highest BCUT2D eigenvalue weighted by molar-refractivity contribution is 5.77. The van der Waals surface area contributed by atoms with Gasteiger partial charge in [0.05, 0.1) is 6.04 Å². The van der Waals surface area contributed by atoms with Crippen LogP contribution in [-0.4, -0.2) is 24.5 Å². The predicted molar refractivity (Wildman–Crippen MR) is 120 cm³/mol. The Labute approximate surface area is 166 Å². The molecule has 0 aromatic rings. The van der Waals surface area contributed by atoms with Crippen LogP contribution < -0.4 is 10.6 Å². The van der Waals surface area contributed by atoms with E-state index in [9.17, 15) is 4.79 Å². The Morgan fingerprint density at radius 3 is 2.33 bits per heavy atom. The van der Waals surface area contributed by atoms with Crippen LogP contribution >= 0.6 is 0 Å². The van der Waals surface area contributed by atoms with Crippen molar-refractivity contribution in [1.29, 1.82) is 0 Å². The number of allylic oxidation sites excluding steroid dienone is 6. The first-order valence-electron chi connectivity index (χ1n) is 9.82. The van der Waals surface area contributed by atoms with Crippen LogP contribution in [0.15, 0.2) is 74.4 Å². The molecular weight excluding hydrogens is 332 g/mol. The van der Waals surface area contributed by atoms with Gasteiger partial charge in [0.25, 0.3) is 0 Å². The summed E-state index contributed by atoms with van der Waals surface area (Å²) in [6, 6.07) is 0.00989. The van der Waals surface area contributed by atoms with Crippen LogP contribution in [0.3, 0.4) is 0 Å². The van der Waals surface area contributed by atoms with E-state index in [0.717, 1.165) is 25.0 Å². The highest BCUT2D eigenvalue weighted by Crippen LogP contribution is 2.31. The standard InChI is InChI=1S/C24H38N2O/c1-8-14-17-21(13-6)23(20(12-5)15-9-2)24(19(7)25-18-11-4)26-22(27)16-10-3/h8-10,12-14,17,19-20,23-25H,1-3,5,11,15-16,18H2,4,6-7H3,(H,26,27)/b17-14-,21-13+.